The van der Waals surface area contributed by atoms with Crippen molar-refractivity contribution in [1.82, 2.24) is 20.0 Å². The predicted molar refractivity (Wildman–Crippen MR) is 146 cm³/mol. The van der Waals surface area contributed by atoms with Crippen LogP contribution in [0.15, 0.2) is 0 Å². The largest absolute Gasteiger partial charge is 0.340 e. The number of nitrogens with one attached hydrogen (secondary N) is 1. The van der Waals surface area contributed by atoms with Gasteiger partial charge in [-0.25, -0.2) is 0 Å². The maximum absolute atomic E-state index is 12.3. The highest BCUT2D eigenvalue weighted by Gasteiger charge is 2.41. The van der Waals surface area contributed by atoms with E-state index in [0.717, 1.165) is 70.9 Å². The Hall–Kier alpha value is -1.14. The second-order valence-electron chi connectivity index (χ2n) is 10.9. The number of rotatable bonds is 2. The van der Waals surface area contributed by atoms with E-state index in [-0.39, 0.29) is 0 Å². The third kappa shape index (κ3) is 8.73. The lowest BCUT2D eigenvalue weighted by Crippen LogP contribution is -2.49. The van der Waals surface area contributed by atoms with Crippen molar-refractivity contribution in [2.24, 2.45) is 17.8 Å². The van der Waals surface area contributed by atoms with E-state index < -0.39 is 0 Å². The summed E-state index contributed by atoms with van der Waals surface area (Å²) in [6, 6.07) is 1.12. The van der Waals surface area contributed by atoms with Gasteiger partial charge < -0.3 is 20.0 Å². The molecule has 2 saturated carbocycles. The molecule has 0 spiro atoms. The minimum absolute atomic E-state index is 0.333. The second kappa shape index (κ2) is 15.9. The molecule has 0 aromatic carbocycles. The molecule has 2 aliphatic carbocycles. The highest BCUT2D eigenvalue weighted by Crippen LogP contribution is 2.31. The third-order valence-electron chi connectivity index (χ3n) is 8.47. The Morgan fingerprint density at radius 1 is 0.743 bits per heavy atom. The van der Waals surface area contributed by atoms with Crippen molar-refractivity contribution in [3.8, 4) is 0 Å². The molecule has 0 unspecified atom stereocenters. The molecule has 2 atom stereocenters. The Kier molecular flexibility index (Phi) is 13.6. The van der Waals surface area contributed by atoms with Gasteiger partial charge in [0, 0.05) is 63.2 Å². The van der Waals surface area contributed by atoms with E-state index in [1.54, 1.807) is 0 Å². The highest BCUT2D eigenvalue weighted by atomic mass is 16.2. The van der Waals surface area contributed by atoms with Gasteiger partial charge in [-0.3, -0.25) is 9.59 Å². The topological polar surface area (TPSA) is 55.9 Å². The van der Waals surface area contributed by atoms with Gasteiger partial charge >= 0.3 is 0 Å². The van der Waals surface area contributed by atoms with Crippen LogP contribution in [0.25, 0.3) is 0 Å². The number of hydrogen-bond acceptors (Lipinski definition) is 4. The van der Waals surface area contributed by atoms with Gasteiger partial charge in [-0.2, -0.15) is 0 Å². The van der Waals surface area contributed by atoms with Crippen molar-refractivity contribution >= 4 is 11.8 Å². The van der Waals surface area contributed by atoms with Gasteiger partial charge in [0.1, 0.15) is 0 Å². The van der Waals surface area contributed by atoms with Crippen molar-refractivity contribution in [3.05, 3.63) is 0 Å². The quantitative estimate of drug-likeness (QED) is 0.603. The minimum Gasteiger partial charge on any atom is -0.340 e. The van der Waals surface area contributed by atoms with Gasteiger partial charge in [-0.05, 0) is 57.9 Å². The first-order valence-corrected chi connectivity index (χ1v) is 15.0. The fourth-order valence-corrected chi connectivity index (χ4v) is 6.21. The van der Waals surface area contributed by atoms with Crippen molar-refractivity contribution in [2.75, 3.05) is 46.3 Å². The standard InChI is InChI=1S/C13H24N2O.C12H20N2O.2C2H6/c1-11-3-5-12(6-4-11)13(16)15-9-7-14(2)8-10-15;15-12(9-4-2-1-3-5-9)14-8-10-6-11(14)7-13-10;2*1-2/h11-12H,3-10H2,1-2H3;9-11,13H,1-8H2;2*1-2H3/t;10-,11-;;/m.0../s1. The van der Waals surface area contributed by atoms with Crippen LogP contribution >= 0.6 is 0 Å². The molecule has 6 heteroatoms. The summed E-state index contributed by atoms with van der Waals surface area (Å²) in [5.41, 5.74) is 0. The first-order chi connectivity index (χ1) is 17.0. The zero-order valence-corrected chi connectivity index (χ0v) is 23.9. The SMILES string of the molecule is CC.CC.CC1CCC(C(=O)N2CCN(C)CC2)CC1.O=C(C1CCCCC1)N1C[C@@H]2C[C@H]1CN2. The van der Waals surface area contributed by atoms with E-state index >= 15 is 0 Å². The molecule has 0 radical (unpaired) electrons. The van der Waals surface area contributed by atoms with Crippen LogP contribution in [0.4, 0.5) is 0 Å². The Morgan fingerprint density at radius 3 is 1.83 bits per heavy atom. The van der Waals surface area contributed by atoms with Crippen molar-refractivity contribution in [2.45, 2.75) is 111 Å². The van der Waals surface area contributed by atoms with Crippen molar-refractivity contribution < 1.29 is 9.59 Å². The number of likely N-dealkylation sites (tertiary alicyclic amines) is 1. The van der Waals surface area contributed by atoms with Crippen LogP contribution in [0.5, 0.6) is 0 Å². The monoisotopic (exact) mass is 492 g/mol. The van der Waals surface area contributed by atoms with Crippen LogP contribution < -0.4 is 5.32 Å². The van der Waals surface area contributed by atoms with Crippen LogP contribution in [0.3, 0.4) is 0 Å². The minimum atomic E-state index is 0.333. The molecule has 1 N–H and O–H groups in total. The smallest absolute Gasteiger partial charge is 0.226 e. The molecule has 204 valence electrons. The molecule has 35 heavy (non-hydrogen) atoms. The molecule has 5 fully saturated rings. The summed E-state index contributed by atoms with van der Waals surface area (Å²) < 4.78 is 0. The Bertz CT molecular complexity index is 582. The number of piperazine rings is 2. The summed E-state index contributed by atoms with van der Waals surface area (Å²) in [6.07, 6.45) is 12.0. The Morgan fingerprint density at radius 2 is 1.31 bits per heavy atom. The normalized spacial score (nSPS) is 30.8. The van der Waals surface area contributed by atoms with Crippen molar-refractivity contribution in [1.29, 1.82) is 0 Å². The van der Waals surface area contributed by atoms with Crippen LogP contribution in [0, 0.1) is 17.8 Å². The first-order valence-electron chi connectivity index (χ1n) is 15.0. The van der Waals surface area contributed by atoms with Gasteiger partial charge in [0.05, 0.1) is 0 Å². The van der Waals surface area contributed by atoms with E-state index in [9.17, 15) is 9.59 Å². The molecule has 0 aromatic rings. The number of nitrogens with zero attached hydrogens (tertiary/aromatic N) is 3. The highest BCUT2D eigenvalue weighted by molar-refractivity contribution is 5.80. The molecule has 3 heterocycles. The maximum atomic E-state index is 12.3. The lowest BCUT2D eigenvalue weighted by molar-refractivity contribution is -0.139. The molecule has 0 aromatic heterocycles. The Labute approximate surface area is 216 Å². The second-order valence-corrected chi connectivity index (χ2v) is 10.9. The van der Waals surface area contributed by atoms with Gasteiger partial charge in [0.25, 0.3) is 0 Å². The summed E-state index contributed by atoms with van der Waals surface area (Å²) in [5.74, 6) is 2.41. The number of carbonyl (C=O) groups excluding carboxylic acids is 2. The lowest BCUT2D eigenvalue weighted by Gasteiger charge is -2.36. The zero-order chi connectivity index (χ0) is 25.8. The average Bonchev–Trinajstić information content (AvgIpc) is 3.56. The fourth-order valence-electron chi connectivity index (χ4n) is 6.21. The maximum Gasteiger partial charge on any atom is 0.226 e. The average molecular weight is 493 g/mol. The summed E-state index contributed by atoms with van der Waals surface area (Å²) in [6.45, 7) is 16.2. The lowest BCUT2D eigenvalue weighted by atomic mass is 9.82. The van der Waals surface area contributed by atoms with Gasteiger partial charge in [0.15, 0.2) is 0 Å². The number of fused-ring (bicyclic) bond motifs is 2. The summed E-state index contributed by atoms with van der Waals surface area (Å²) >= 11 is 0. The van der Waals surface area contributed by atoms with E-state index in [4.69, 9.17) is 0 Å². The molecule has 5 rings (SSSR count). The molecular formula is C29H56N4O2. The number of carbonyl (C=O) groups is 2. The van der Waals surface area contributed by atoms with Gasteiger partial charge in [-0.1, -0.05) is 53.9 Å². The summed E-state index contributed by atoms with van der Waals surface area (Å²) in [7, 11) is 2.13. The van der Waals surface area contributed by atoms with Gasteiger partial charge in [-0.15, -0.1) is 0 Å². The zero-order valence-electron chi connectivity index (χ0n) is 23.9. The molecule has 2 bridgehead atoms. The summed E-state index contributed by atoms with van der Waals surface area (Å²) in [5, 5.41) is 3.45. The van der Waals surface area contributed by atoms with Gasteiger partial charge in [0.2, 0.25) is 11.8 Å². The van der Waals surface area contributed by atoms with Crippen LogP contribution in [-0.2, 0) is 9.59 Å². The number of amides is 2. The Balaban J connectivity index is 0.000000217. The van der Waals surface area contributed by atoms with E-state index in [2.05, 4.69) is 34.0 Å². The third-order valence-corrected chi connectivity index (χ3v) is 8.47. The van der Waals surface area contributed by atoms with Crippen LogP contribution in [-0.4, -0.2) is 84.9 Å². The molecule has 6 nitrogen and oxygen atoms in total. The summed E-state index contributed by atoms with van der Waals surface area (Å²) in [4.78, 5) is 31.1. The number of hydrogen-bond donors (Lipinski definition) is 1. The van der Waals surface area contributed by atoms with Crippen LogP contribution in [0.2, 0.25) is 0 Å². The van der Waals surface area contributed by atoms with Crippen molar-refractivity contribution in [3.63, 3.8) is 0 Å². The molecule has 3 aliphatic heterocycles. The molecule has 3 saturated heterocycles. The fraction of sp³-hybridized carbons (Fsp3) is 0.931. The number of likely N-dealkylation sites (N-methyl/N-ethyl adjacent to an activating group) is 1. The van der Waals surface area contributed by atoms with E-state index in [1.165, 1.54) is 38.5 Å². The van der Waals surface area contributed by atoms with E-state index in [0.29, 0.717) is 35.7 Å². The van der Waals surface area contributed by atoms with E-state index in [1.807, 2.05) is 27.7 Å². The first kappa shape index (κ1) is 30.1. The molecular weight excluding hydrogens is 436 g/mol. The molecule has 5 aliphatic rings. The predicted octanol–water partition coefficient (Wildman–Crippen LogP) is 4.78. The molecule has 2 amide bonds. The van der Waals surface area contributed by atoms with Crippen LogP contribution in [0.1, 0.15) is 98.8 Å².